The van der Waals surface area contributed by atoms with Gasteiger partial charge in [0.05, 0.1) is 6.20 Å². The first-order valence-corrected chi connectivity index (χ1v) is 6.73. The number of rotatable bonds is 5. The molecule has 0 amide bonds. The quantitative estimate of drug-likeness (QED) is 0.799. The Morgan fingerprint density at radius 1 is 0.950 bits per heavy atom. The van der Waals surface area contributed by atoms with Crippen molar-refractivity contribution < 1.29 is 17.3 Å². The van der Waals surface area contributed by atoms with E-state index in [0.29, 0.717) is 0 Å². The Kier molecular flexibility index (Phi) is 6.00. The number of hydrogen-bond donors (Lipinski definition) is 1. The first-order valence-electron chi connectivity index (χ1n) is 6.73. The van der Waals surface area contributed by atoms with Crippen molar-refractivity contribution in [1.82, 2.24) is 0 Å². The minimum absolute atomic E-state index is 0. The summed E-state index contributed by atoms with van der Waals surface area (Å²) in [5.41, 5.74) is 2.68. The summed E-state index contributed by atoms with van der Waals surface area (Å²) in [7, 11) is 0. The average molecular weight is 288 g/mol. The third-order valence-corrected chi connectivity index (χ3v) is 3.78. The van der Waals surface area contributed by atoms with Gasteiger partial charge in [0.1, 0.15) is 12.1 Å². The van der Waals surface area contributed by atoms with E-state index < -0.39 is 0 Å². The normalized spacial score (nSPS) is 12.3. The van der Waals surface area contributed by atoms with Gasteiger partial charge in [-0.3, -0.25) is 4.90 Å². The minimum Gasteiger partial charge on any atom is -1.00 e. The number of halogens is 1. The van der Waals surface area contributed by atoms with Gasteiger partial charge in [0.15, 0.2) is 0 Å². The van der Waals surface area contributed by atoms with Crippen LogP contribution in [0.2, 0.25) is 0 Å². The summed E-state index contributed by atoms with van der Waals surface area (Å²) in [5.74, 6) is 0. The van der Waals surface area contributed by atoms with Crippen molar-refractivity contribution in [3.63, 3.8) is 0 Å². The highest BCUT2D eigenvalue weighted by molar-refractivity contribution is 5.21. The molecule has 1 nitrogen and oxygen atoms in total. The molecular weight excluding hydrogens is 266 g/mol. The van der Waals surface area contributed by atoms with Crippen LogP contribution in [-0.4, -0.2) is 0 Å². The highest BCUT2D eigenvalue weighted by Gasteiger charge is 2.30. The van der Waals surface area contributed by atoms with Gasteiger partial charge in [0.25, 0.3) is 0 Å². The van der Waals surface area contributed by atoms with Crippen LogP contribution < -0.4 is 17.3 Å². The molecule has 0 aliphatic rings. The lowest BCUT2D eigenvalue weighted by Gasteiger charge is -2.33. The van der Waals surface area contributed by atoms with Crippen molar-refractivity contribution in [1.29, 1.82) is 0 Å². The van der Waals surface area contributed by atoms with E-state index in [4.69, 9.17) is 0 Å². The maximum atomic E-state index is 4.01. The standard InChI is InChI=1S/C18H21N.ClH/c1-4-19(15-16-11-7-5-8-12-16)18(2,3)17-13-9-6-10-14-17;/h4-14H,1,15H2,2-3H3;1H. The Hall–Kier alpha value is -1.57. The van der Waals surface area contributed by atoms with Gasteiger partial charge in [-0.1, -0.05) is 60.7 Å². The summed E-state index contributed by atoms with van der Waals surface area (Å²) < 4.78 is 0. The lowest BCUT2D eigenvalue weighted by atomic mass is 9.92. The molecule has 1 unspecified atom stereocenters. The van der Waals surface area contributed by atoms with Gasteiger partial charge in [0, 0.05) is 11.1 Å². The number of benzene rings is 2. The van der Waals surface area contributed by atoms with Crippen molar-refractivity contribution in [2.24, 2.45) is 0 Å². The SMILES string of the molecule is C=C[NH+](Cc1ccccc1)C(C)(C)c1ccccc1.[Cl-]. The lowest BCUT2D eigenvalue weighted by molar-refractivity contribution is -0.921. The number of quaternary nitrogens is 1. The molecule has 2 rings (SSSR count). The maximum Gasteiger partial charge on any atom is 0.122 e. The van der Waals surface area contributed by atoms with E-state index in [1.165, 1.54) is 16.0 Å². The fourth-order valence-corrected chi connectivity index (χ4v) is 2.40. The van der Waals surface area contributed by atoms with E-state index in [0.717, 1.165) is 6.54 Å². The van der Waals surface area contributed by atoms with Crippen molar-refractivity contribution in [3.8, 4) is 0 Å². The van der Waals surface area contributed by atoms with Gasteiger partial charge < -0.3 is 12.4 Å². The van der Waals surface area contributed by atoms with Crippen LogP contribution in [0.3, 0.4) is 0 Å². The second kappa shape index (κ2) is 7.28. The predicted molar refractivity (Wildman–Crippen MR) is 80.8 cm³/mol. The fourth-order valence-electron chi connectivity index (χ4n) is 2.40. The van der Waals surface area contributed by atoms with Crippen molar-refractivity contribution in [2.75, 3.05) is 0 Å². The molecule has 1 atom stereocenters. The Balaban J connectivity index is 0.00000200. The van der Waals surface area contributed by atoms with E-state index in [2.05, 4.69) is 81.1 Å². The molecule has 0 aliphatic heterocycles. The Morgan fingerprint density at radius 3 is 1.95 bits per heavy atom. The zero-order valence-corrected chi connectivity index (χ0v) is 12.9. The van der Waals surface area contributed by atoms with Crippen LogP contribution in [0.5, 0.6) is 0 Å². The topological polar surface area (TPSA) is 4.44 Å². The van der Waals surface area contributed by atoms with E-state index in [-0.39, 0.29) is 17.9 Å². The molecule has 106 valence electrons. The molecule has 20 heavy (non-hydrogen) atoms. The molecule has 2 aromatic carbocycles. The molecule has 0 radical (unpaired) electrons. The van der Waals surface area contributed by atoms with Gasteiger partial charge in [-0.2, -0.15) is 0 Å². The smallest absolute Gasteiger partial charge is 0.122 e. The molecule has 0 spiro atoms. The second-order valence-electron chi connectivity index (χ2n) is 5.38. The van der Waals surface area contributed by atoms with Gasteiger partial charge in [-0.15, -0.1) is 0 Å². The first-order chi connectivity index (χ1) is 9.14. The van der Waals surface area contributed by atoms with Crippen LogP contribution in [-0.2, 0) is 12.1 Å². The molecule has 2 aromatic rings. The van der Waals surface area contributed by atoms with E-state index in [1.54, 1.807) is 0 Å². The fraction of sp³-hybridized carbons (Fsp3) is 0.222. The highest BCUT2D eigenvalue weighted by Crippen LogP contribution is 2.16. The summed E-state index contributed by atoms with van der Waals surface area (Å²) in [6, 6.07) is 21.2. The van der Waals surface area contributed by atoms with Crippen LogP contribution >= 0.6 is 0 Å². The molecule has 0 aromatic heterocycles. The first kappa shape index (κ1) is 16.5. The van der Waals surface area contributed by atoms with Gasteiger partial charge in [-0.25, -0.2) is 0 Å². The summed E-state index contributed by atoms with van der Waals surface area (Å²) in [5, 5.41) is 0. The summed E-state index contributed by atoms with van der Waals surface area (Å²) in [4.78, 5) is 1.35. The lowest BCUT2D eigenvalue weighted by Crippen LogP contribution is -3.12. The maximum absolute atomic E-state index is 4.01. The van der Waals surface area contributed by atoms with Crippen LogP contribution in [0.4, 0.5) is 0 Å². The van der Waals surface area contributed by atoms with Crippen LogP contribution in [0.15, 0.2) is 73.4 Å². The largest absolute Gasteiger partial charge is 1.00 e. The van der Waals surface area contributed by atoms with Crippen molar-refractivity contribution >= 4 is 0 Å². The van der Waals surface area contributed by atoms with E-state index in [1.807, 2.05) is 6.20 Å². The molecule has 1 N–H and O–H groups in total. The van der Waals surface area contributed by atoms with Crippen LogP contribution in [0.1, 0.15) is 25.0 Å². The van der Waals surface area contributed by atoms with Gasteiger partial charge >= 0.3 is 0 Å². The molecule has 2 heteroatoms. The third kappa shape index (κ3) is 3.72. The summed E-state index contributed by atoms with van der Waals surface area (Å²) in [6.07, 6.45) is 2.01. The molecule has 0 fully saturated rings. The zero-order valence-electron chi connectivity index (χ0n) is 12.1. The molecule has 0 heterocycles. The monoisotopic (exact) mass is 287 g/mol. The third-order valence-electron chi connectivity index (χ3n) is 3.78. The summed E-state index contributed by atoms with van der Waals surface area (Å²) in [6.45, 7) is 9.49. The molecule has 0 saturated carbocycles. The molecule has 0 saturated heterocycles. The minimum atomic E-state index is 0. The Labute approximate surface area is 128 Å². The average Bonchev–Trinajstić information content (AvgIpc) is 2.46. The van der Waals surface area contributed by atoms with Crippen LogP contribution in [0.25, 0.3) is 0 Å². The van der Waals surface area contributed by atoms with Crippen molar-refractivity contribution in [2.45, 2.75) is 25.9 Å². The second-order valence-corrected chi connectivity index (χ2v) is 5.38. The summed E-state index contributed by atoms with van der Waals surface area (Å²) >= 11 is 0. The van der Waals surface area contributed by atoms with E-state index in [9.17, 15) is 0 Å². The van der Waals surface area contributed by atoms with Gasteiger partial charge in [-0.05, 0) is 20.4 Å². The van der Waals surface area contributed by atoms with Crippen molar-refractivity contribution in [3.05, 3.63) is 84.6 Å². The number of nitrogens with one attached hydrogen (secondary N) is 1. The molecular formula is C18H22ClN. The van der Waals surface area contributed by atoms with Crippen LogP contribution in [0, 0.1) is 0 Å². The molecule has 0 bridgehead atoms. The molecule has 0 aliphatic carbocycles. The zero-order chi connectivity index (χ0) is 13.7. The Morgan fingerprint density at radius 2 is 1.45 bits per heavy atom. The predicted octanol–water partition coefficient (Wildman–Crippen LogP) is 0.154. The number of hydrogen-bond acceptors (Lipinski definition) is 0. The Bertz CT molecular complexity index is 520. The highest BCUT2D eigenvalue weighted by atomic mass is 35.5. The van der Waals surface area contributed by atoms with Gasteiger partial charge in [0.2, 0.25) is 0 Å². The van der Waals surface area contributed by atoms with E-state index >= 15 is 0 Å².